The summed E-state index contributed by atoms with van der Waals surface area (Å²) in [5.74, 6) is 0.168. The SMILES string of the molecule is CCOc1ccc(N(C(CC)C(=O)Nc2ccc3c(c2)sc(=O)n3CC)S(C)(=O)=O)cc1. The lowest BCUT2D eigenvalue weighted by molar-refractivity contribution is -0.117. The first-order chi connectivity index (χ1) is 15.2. The van der Waals surface area contributed by atoms with Crippen molar-refractivity contribution in [3.8, 4) is 5.75 Å². The van der Waals surface area contributed by atoms with Crippen LogP contribution in [-0.4, -0.2) is 37.8 Å². The molecule has 3 aromatic rings. The fourth-order valence-electron chi connectivity index (χ4n) is 3.59. The van der Waals surface area contributed by atoms with Crippen molar-refractivity contribution in [3.05, 3.63) is 52.1 Å². The van der Waals surface area contributed by atoms with Crippen LogP contribution < -0.4 is 19.2 Å². The van der Waals surface area contributed by atoms with E-state index in [1.54, 1.807) is 54.0 Å². The minimum atomic E-state index is -3.74. The average Bonchev–Trinajstić information content (AvgIpc) is 3.06. The molecule has 1 aromatic heterocycles. The maximum absolute atomic E-state index is 13.1. The molecule has 172 valence electrons. The number of amides is 1. The molecule has 10 heteroatoms. The molecule has 32 heavy (non-hydrogen) atoms. The summed E-state index contributed by atoms with van der Waals surface area (Å²) in [5, 5.41) is 2.81. The smallest absolute Gasteiger partial charge is 0.308 e. The number of thiazole rings is 1. The number of nitrogens with zero attached hydrogens (tertiary/aromatic N) is 2. The number of carbonyl (C=O) groups excluding carboxylic acids is 1. The molecule has 1 atom stereocenters. The van der Waals surface area contributed by atoms with Crippen molar-refractivity contribution in [2.45, 2.75) is 39.8 Å². The Bertz CT molecular complexity index is 1260. The van der Waals surface area contributed by atoms with Gasteiger partial charge in [-0.3, -0.25) is 18.5 Å². The summed E-state index contributed by atoms with van der Waals surface area (Å²) in [6.45, 7) is 6.58. The van der Waals surface area contributed by atoms with Gasteiger partial charge in [0.25, 0.3) is 0 Å². The number of aryl methyl sites for hydroxylation is 1. The third kappa shape index (κ3) is 4.97. The summed E-state index contributed by atoms with van der Waals surface area (Å²) in [7, 11) is -3.74. The van der Waals surface area contributed by atoms with Gasteiger partial charge in [0.2, 0.25) is 15.9 Å². The molecule has 2 aromatic carbocycles. The molecule has 0 saturated carbocycles. The third-order valence-corrected chi connectivity index (χ3v) is 7.11. The maximum Gasteiger partial charge on any atom is 0.308 e. The van der Waals surface area contributed by atoms with Crippen LogP contribution in [-0.2, 0) is 21.4 Å². The van der Waals surface area contributed by atoms with Crippen LogP contribution in [0.15, 0.2) is 47.3 Å². The minimum Gasteiger partial charge on any atom is -0.494 e. The zero-order chi connectivity index (χ0) is 23.5. The number of sulfonamides is 1. The molecule has 0 aliphatic heterocycles. The second-order valence-corrected chi connectivity index (χ2v) is 10.0. The lowest BCUT2D eigenvalue weighted by atomic mass is 10.1. The molecule has 0 spiro atoms. The van der Waals surface area contributed by atoms with Gasteiger partial charge in [-0.1, -0.05) is 18.3 Å². The quantitative estimate of drug-likeness (QED) is 0.507. The Kier molecular flexibility index (Phi) is 7.25. The zero-order valence-corrected chi connectivity index (χ0v) is 20.1. The number of fused-ring (bicyclic) bond motifs is 1. The Hall–Kier alpha value is -2.85. The van der Waals surface area contributed by atoms with Crippen molar-refractivity contribution in [2.24, 2.45) is 0 Å². The lowest BCUT2D eigenvalue weighted by Gasteiger charge is -2.30. The van der Waals surface area contributed by atoms with Crippen LogP contribution in [0.1, 0.15) is 27.2 Å². The first-order valence-corrected chi connectivity index (χ1v) is 13.0. The van der Waals surface area contributed by atoms with Crippen molar-refractivity contribution in [3.63, 3.8) is 0 Å². The number of carbonyl (C=O) groups is 1. The Morgan fingerprint density at radius 3 is 2.41 bits per heavy atom. The predicted octanol–water partition coefficient (Wildman–Crippen LogP) is 3.66. The molecule has 3 rings (SSSR count). The van der Waals surface area contributed by atoms with Gasteiger partial charge < -0.3 is 10.1 Å². The number of nitrogens with one attached hydrogen (secondary N) is 1. The third-order valence-electron chi connectivity index (χ3n) is 4.98. The highest BCUT2D eigenvalue weighted by Crippen LogP contribution is 2.27. The molecule has 0 bridgehead atoms. The zero-order valence-electron chi connectivity index (χ0n) is 18.5. The number of benzene rings is 2. The average molecular weight is 478 g/mol. The van der Waals surface area contributed by atoms with E-state index in [4.69, 9.17) is 4.74 Å². The van der Waals surface area contributed by atoms with Gasteiger partial charge in [0.05, 0.1) is 28.8 Å². The number of hydrogen-bond acceptors (Lipinski definition) is 6. The van der Waals surface area contributed by atoms with Gasteiger partial charge in [0, 0.05) is 12.2 Å². The van der Waals surface area contributed by atoms with Crippen LogP contribution in [0.4, 0.5) is 11.4 Å². The second kappa shape index (κ2) is 9.74. The van der Waals surface area contributed by atoms with Crippen LogP contribution in [0.2, 0.25) is 0 Å². The van der Waals surface area contributed by atoms with E-state index in [0.29, 0.717) is 30.3 Å². The van der Waals surface area contributed by atoms with Crippen LogP contribution >= 0.6 is 11.3 Å². The molecule has 8 nitrogen and oxygen atoms in total. The largest absolute Gasteiger partial charge is 0.494 e. The maximum atomic E-state index is 13.1. The Morgan fingerprint density at radius 1 is 1.16 bits per heavy atom. The standard InChI is InChI=1S/C22H27N3O5S2/c1-5-18(25(32(4,28)29)16-9-11-17(12-10-16)30-7-3)21(26)23-15-8-13-19-20(14-15)31-22(27)24(19)6-2/h8-14,18H,5-7H2,1-4H3,(H,23,26). The van der Waals surface area contributed by atoms with E-state index < -0.39 is 22.0 Å². The summed E-state index contributed by atoms with van der Waals surface area (Å²) >= 11 is 1.11. The Labute approximate surface area is 191 Å². The van der Waals surface area contributed by atoms with Gasteiger partial charge >= 0.3 is 4.87 Å². The Balaban J connectivity index is 1.91. The number of rotatable bonds is 9. The van der Waals surface area contributed by atoms with E-state index in [9.17, 15) is 18.0 Å². The molecule has 0 fully saturated rings. The van der Waals surface area contributed by atoms with Crippen LogP contribution in [0, 0.1) is 0 Å². The summed E-state index contributed by atoms with van der Waals surface area (Å²) in [5.41, 5.74) is 1.69. The molecule has 1 unspecified atom stereocenters. The van der Waals surface area contributed by atoms with E-state index in [1.165, 1.54) is 0 Å². The molecule has 1 amide bonds. The van der Waals surface area contributed by atoms with Crippen molar-refractivity contribution < 1.29 is 17.9 Å². The molecule has 0 aliphatic carbocycles. The van der Waals surface area contributed by atoms with Gasteiger partial charge in [-0.2, -0.15) is 0 Å². The van der Waals surface area contributed by atoms with Gasteiger partial charge in [0.1, 0.15) is 11.8 Å². The van der Waals surface area contributed by atoms with Crippen LogP contribution in [0.25, 0.3) is 10.2 Å². The van der Waals surface area contributed by atoms with E-state index in [2.05, 4.69) is 5.32 Å². The van der Waals surface area contributed by atoms with E-state index in [-0.39, 0.29) is 11.3 Å². The van der Waals surface area contributed by atoms with Gasteiger partial charge in [-0.15, -0.1) is 0 Å². The number of ether oxygens (including phenoxy) is 1. The molecule has 1 heterocycles. The fourth-order valence-corrected chi connectivity index (χ4v) is 5.79. The molecular formula is C22H27N3O5S2. The molecule has 0 saturated heterocycles. The molecule has 0 aliphatic rings. The summed E-state index contributed by atoms with van der Waals surface area (Å²) in [6.07, 6.45) is 1.35. The first kappa shape index (κ1) is 23.8. The Morgan fingerprint density at radius 2 is 1.84 bits per heavy atom. The van der Waals surface area contributed by atoms with Gasteiger partial charge in [-0.05, 0) is 62.7 Å². The summed E-state index contributed by atoms with van der Waals surface area (Å²) in [4.78, 5) is 25.2. The van der Waals surface area contributed by atoms with Crippen LogP contribution in [0.3, 0.4) is 0 Å². The van der Waals surface area contributed by atoms with Crippen molar-refractivity contribution >= 4 is 48.9 Å². The molecule has 1 N–H and O–H groups in total. The fraction of sp³-hybridized carbons (Fsp3) is 0.364. The number of aromatic nitrogens is 1. The second-order valence-electron chi connectivity index (χ2n) is 7.19. The van der Waals surface area contributed by atoms with Gasteiger partial charge in [0.15, 0.2) is 0 Å². The summed E-state index contributed by atoms with van der Waals surface area (Å²) < 4.78 is 34.2. The lowest BCUT2D eigenvalue weighted by Crippen LogP contribution is -2.46. The van der Waals surface area contributed by atoms with Crippen molar-refractivity contribution in [1.29, 1.82) is 0 Å². The predicted molar refractivity (Wildman–Crippen MR) is 129 cm³/mol. The van der Waals surface area contributed by atoms with Crippen molar-refractivity contribution in [2.75, 3.05) is 22.5 Å². The first-order valence-electron chi connectivity index (χ1n) is 10.4. The topological polar surface area (TPSA) is 97.7 Å². The van der Waals surface area contributed by atoms with Crippen molar-refractivity contribution in [1.82, 2.24) is 4.57 Å². The van der Waals surface area contributed by atoms with E-state index in [1.807, 2.05) is 13.8 Å². The highest BCUT2D eigenvalue weighted by Gasteiger charge is 2.31. The number of anilines is 2. The highest BCUT2D eigenvalue weighted by molar-refractivity contribution is 7.92. The highest BCUT2D eigenvalue weighted by atomic mass is 32.2. The van der Waals surface area contributed by atoms with Gasteiger partial charge in [-0.25, -0.2) is 8.42 Å². The molecule has 0 radical (unpaired) electrons. The van der Waals surface area contributed by atoms with E-state index in [0.717, 1.165) is 32.1 Å². The minimum absolute atomic E-state index is 0.0591. The summed E-state index contributed by atoms with van der Waals surface area (Å²) in [6, 6.07) is 10.9. The van der Waals surface area contributed by atoms with Crippen LogP contribution in [0.5, 0.6) is 5.75 Å². The number of hydrogen-bond donors (Lipinski definition) is 1. The monoisotopic (exact) mass is 477 g/mol. The van der Waals surface area contributed by atoms with E-state index >= 15 is 0 Å². The normalized spacial score (nSPS) is 12.5. The molecular weight excluding hydrogens is 450 g/mol.